The van der Waals surface area contributed by atoms with Gasteiger partial charge in [0.2, 0.25) is 11.8 Å². The van der Waals surface area contributed by atoms with Gasteiger partial charge in [0.05, 0.1) is 5.92 Å². The average molecular weight is 373 g/mol. The predicted molar refractivity (Wildman–Crippen MR) is 106 cm³/mol. The van der Waals surface area contributed by atoms with Gasteiger partial charge < -0.3 is 11.1 Å². The standard InChI is InChI=1S/C21H32N4O2/c22-20(26)8-11-23-21(27)18-7-4-12-25(16-18)19-9-13-24(14-10-19)15-17-5-2-1-3-6-17/h1-3,5-6,18-19H,4,7-16H2,(H2,22,26)(H,23,27). The van der Waals surface area contributed by atoms with E-state index >= 15 is 0 Å². The number of benzene rings is 1. The molecule has 1 aromatic rings. The Morgan fingerprint density at radius 3 is 2.52 bits per heavy atom. The third-order valence-corrected chi connectivity index (χ3v) is 5.82. The number of rotatable bonds is 7. The van der Waals surface area contributed by atoms with E-state index in [9.17, 15) is 9.59 Å². The van der Waals surface area contributed by atoms with E-state index in [0.717, 1.165) is 45.6 Å². The van der Waals surface area contributed by atoms with Gasteiger partial charge >= 0.3 is 0 Å². The fourth-order valence-corrected chi connectivity index (χ4v) is 4.29. The molecule has 0 aliphatic carbocycles. The minimum absolute atomic E-state index is 0.0361. The zero-order valence-corrected chi connectivity index (χ0v) is 16.1. The number of nitrogens with zero attached hydrogens (tertiary/aromatic N) is 2. The molecule has 6 heteroatoms. The van der Waals surface area contributed by atoms with Crippen LogP contribution < -0.4 is 11.1 Å². The molecule has 27 heavy (non-hydrogen) atoms. The molecule has 148 valence electrons. The molecule has 2 aliphatic rings. The molecular formula is C21H32N4O2. The summed E-state index contributed by atoms with van der Waals surface area (Å²) in [5, 5.41) is 2.87. The first-order valence-corrected chi connectivity index (χ1v) is 10.2. The van der Waals surface area contributed by atoms with Crippen LogP contribution in [0, 0.1) is 5.92 Å². The number of nitrogens with two attached hydrogens (primary N) is 1. The van der Waals surface area contributed by atoms with E-state index in [0.29, 0.717) is 12.6 Å². The van der Waals surface area contributed by atoms with Crippen molar-refractivity contribution in [3.05, 3.63) is 35.9 Å². The van der Waals surface area contributed by atoms with E-state index in [1.807, 2.05) is 0 Å². The second-order valence-electron chi connectivity index (χ2n) is 7.83. The number of piperidine rings is 2. The van der Waals surface area contributed by atoms with E-state index < -0.39 is 0 Å². The summed E-state index contributed by atoms with van der Waals surface area (Å²) in [7, 11) is 0. The first-order valence-electron chi connectivity index (χ1n) is 10.2. The highest BCUT2D eigenvalue weighted by molar-refractivity contribution is 5.80. The Balaban J connectivity index is 1.42. The van der Waals surface area contributed by atoms with Crippen molar-refractivity contribution in [2.24, 2.45) is 11.7 Å². The number of carbonyl (C=O) groups excluding carboxylic acids is 2. The summed E-state index contributed by atoms with van der Waals surface area (Å²) in [5.41, 5.74) is 6.51. The summed E-state index contributed by atoms with van der Waals surface area (Å²) in [6.45, 7) is 5.54. The Kier molecular flexibility index (Phi) is 7.24. The van der Waals surface area contributed by atoms with Crippen LogP contribution in [0.4, 0.5) is 0 Å². The molecule has 2 heterocycles. The summed E-state index contributed by atoms with van der Waals surface area (Å²) >= 11 is 0. The number of carbonyl (C=O) groups is 2. The smallest absolute Gasteiger partial charge is 0.224 e. The van der Waals surface area contributed by atoms with Crippen LogP contribution in [0.5, 0.6) is 0 Å². The number of amides is 2. The van der Waals surface area contributed by atoms with Crippen LogP contribution in [0.1, 0.15) is 37.7 Å². The Labute approximate surface area is 162 Å². The summed E-state index contributed by atoms with van der Waals surface area (Å²) in [6.07, 6.45) is 4.55. The van der Waals surface area contributed by atoms with Crippen molar-refractivity contribution in [1.29, 1.82) is 0 Å². The molecule has 1 aromatic carbocycles. The normalized spacial score (nSPS) is 22.4. The molecule has 2 amide bonds. The van der Waals surface area contributed by atoms with Crippen LogP contribution in [0.15, 0.2) is 30.3 Å². The van der Waals surface area contributed by atoms with Crippen LogP contribution in [-0.4, -0.2) is 60.4 Å². The Hall–Kier alpha value is -1.92. The fraction of sp³-hybridized carbons (Fsp3) is 0.619. The molecule has 0 bridgehead atoms. The quantitative estimate of drug-likeness (QED) is 0.757. The van der Waals surface area contributed by atoms with Gasteiger partial charge in [0.15, 0.2) is 0 Å². The maximum atomic E-state index is 12.4. The van der Waals surface area contributed by atoms with Crippen molar-refractivity contribution in [2.45, 2.75) is 44.7 Å². The van der Waals surface area contributed by atoms with Gasteiger partial charge in [0.25, 0.3) is 0 Å². The number of hydrogen-bond acceptors (Lipinski definition) is 4. The van der Waals surface area contributed by atoms with E-state index in [1.54, 1.807) is 0 Å². The average Bonchev–Trinajstić information content (AvgIpc) is 2.69. The number of likely N-dealkylation sites (tertiary alicyclic amines) is 2. The first-order chi connectivity index (χ1) is 13.1. The minimum Gasteiger partial charge on any atom is -0.370 e. The van der Waals surface area contributed by atoms with Crippen molar-refractivity contribution in [1.82, 2.24) is 15.1 Å². The van der Waals surface area contributed by atoms with Crippen LogP contribution in [0.3, 0.4) is 0 Å². The predicted octanol–water partition coefficient (Wildman–Crippen LogP) is 1.35. The maximum absolute atomic E-state index is 12.4. The van der Waals surface area contributed by atoms with Crippen LogP contribution >= 0.6 is 0 Å². The summed E-state index contributed by atoms with van der Waals surface area (Å²) in [4.78, 5) is 28.2. The zero-order chi connectivity index (χ0) is 19.1. The summed E-state index contributed by atoms with van der Waals surface area (Å²) in [6, 6.07) is 11.2. The summed E-state index contributed by atoms with van der Waals surface area (Å²) in [5.74, 6) is -0.265. The van der Waals surface area contributed by atoms with Crippen molar-refractivity contribution < 1.29 is 9.59 Å². The Bertz CT molecular complexity index is 614. The lowest BCUT2D eigenvalue weighted by Gasteiger charge is -2.42. The van der Waals surface area contributed by atoms with E-state index in [2.05, 4.69) is 45.4 Å². The van der Waals surface area contributed by atoms with Crippen molar-refractivity contribution in [2.75, 3.05) is 32.7 Å². The third-order valence-electron chi connectivity index (χ3n) is 5.82. The van der Waals surface area contributed by atoms with Crippen molar-refractivity contribution >= 4 is 11.8 Å². The zero-order valence-electron chi connectivity index (χ0n) is 16.1. The SMILES string of the molecule is NC(=O)CCNC(=O)C1CCCN(C2CCN(Cc3ccccc3)CC2)C1. The molecule has 2 fully saturated rings. The number of primary amides is 1. The molecule has 3 N–H and O–H groups in total. The third kappa shape index (κ3) is 6.04. The molecule has 0 aromatic heterocycles. The fourth-order valence-electron chi connectivity index (χ4n) is 4.29. The molecule has 3 rings (SSSR count). The lowest BCUT2D eigenvalue weighted by atomic mass is 9.93. The van der Waals surface area contributed by atoms with E-state index in [-0.39, 0.29) is 24.2 Å². The largest absolute Gasteiger partial charge is 0.370 e. The molecule has 1 atom stereocenters. The molecule has 6 nitrogen and oxygen atoms in total. The van der Waals surface area contributed by atoms with Gasteiger partial charge in [0.1, 0.15) is 0 Å². The first kappa shape index (κ1) is 19.8. The van der Waals surface area contributed by atoms with Crippen molar-refractivity contribution in [3.63, 3.8) is 0 Å². The van der Waals surface area contributed by atoms with Gasteiger partial charge in [-0.3, -0.25) is 19.4 Å². The second-order valence-corrected chi connectivity index (χ2v) is 7.83. The maximum Gasteiger partial charge on any atom is 0.224 e. The Morgan fingerprint density at radius 1 is 1.07 bits per heavy atom. The second kappa shape index (κ2) is 9.85. The highest BCUT2D eigenvalue weighted by Gasteiger charge is 2.31. The van der Waals surface area contributed by atoms with Gasteiger partial charge in [-0.25, -0.2) is 0 Å². The molecule has 0 saturated carbocycles. The topological polar surface area (TPSA) is 78.7 Å². The molecule has 1 unspecified atom stereocenters. The molecule has 2 aliphatic heterocycles. The summed E-state index contributed by atoms with van der Waals surface area (Å²) < 4.78 is 0. The van der Waals surface area contributed by atoms with E-state index in [4.69, 9.17) is 5.73 Å². The van der Waals surface area contributed by atoms with Gasteiger partial charge in [-0.05, 0) is 50.9 Å². The lowest BCUT2D eigenvalue weighted by molar-refractivity contribution is -0.127. The lowest BCUT2D eigenvalue weighted by Crippen LogP contribution is -2.50. The minimum atomic E-state index is -0.372. The highest BCUT2D eigenvalue weighted by Crippen LogP contribution is 2.24. The molecular weight excluding hydrogens is 340 g/mol. The highest BCUT2D eigenvalue weighted by atomic mass is 16.2. The van der Waals surface area contributed by atoms with Gasteiger partial charge in [-0.1, -0.05) is 30.3 Å². The Morgan fingerprint density at radius 2 is 1.81 bits per heavy atom. The van der Waals surface area contributed by atoms with Crippen LogP contribution in [0.25, 0.3) is 0 Å². The monoisotopic (exact) mass is 372 g/mol. The van der Waals surface area contributed by atoms with E-state index in [1.165, 1.54) is 18.4 Å². The van der Waals surface area contributed by atoms with Gasteiger partial charge in [-0.2, -0.15) is 0 Å². The van der Waals surface area contributed by atoms with Crippen molar-refractivity contribution in [3.8, 4) is 0 Å². The van der Waals surface area contributed by atoms with Gasteiger partial charge in [-0.15, -0.1) is 0 Å². The molecule has 0 spiro atoms. The number of nitrogens with one attached hydrogen (secondary N) is 1. The molecule has 2 saturated heterocycles. The van der Waals surface area contributed by atoms with Gasteiger partial charge in [0, 0.05) is 32.1 Å². The van der Waals surface area contributed by atoms with Crippen LogP contribution in [0.2, 0.25) is 0 Å². The van der Waals surface area contributed by atoms with Crippen LogP contribution in [-0.2, 0) is 16.1 Å². The number of hydrogen-bond donors (Lipinski definition) is 2. The molecule has 0 radical (unpaired) electrons.